The average molecular weight is 313 g/mol. The maximum Gasteiger partial charge on any atom is 0.280 e. The van der Waals surface area contributed by atoms with Gasteiger partial charge in [-0.05, 0) is 0 Å². The van der Waals surface area contributed by atoms with Crippen LogP contribution in [0.2, 0.25) is 0 Å². The van der Waals surface area contributed by atoms with Crippen LogP contribution in [0.15, 0.2) is 11.2 Å². The fraction of sp³-hybridized carbons (Fsp3) is 0.455. The van der Waals surface area contributed by atoms with Gasteiger partial charge < -0.3 is 10.3 Å². The van der Waals surface area contributed by atoms with E-state index in [0.717, 1.165) is 30.1 Å². The number of H-pyrrole nitrogens is 1. The number of anilines is 1. The first kappa shape index (κ1) is 13.5. The van der Waals surface area contributed by atoms with Gasteiger partial charge in [0.15, 0.2) is 10.2 Å². The molecule has 0 spiro atoms. The van der Waals surface area contributed by atoms with Crippen molar-refractivity contribution in [2.24, 2.45) is 0 Å². The number of nitrogens with one attached hydrogen (secondary N) is 3. The highest BCUT2D eigenvalue weighted by molar-refractivity contribution is 7.92. The number of aryl methyl sites for hydroxylation is 1. The summed E-state index contributed by atoms with van der Waals surface area (Å²) in [5.41, 5.74) is 0.977. The van der Waals surface area contributed by atoms with E-state index in [0.29, 0.717) is 17.4 Å². The first-order chi connectivity index (χ1) is 9.58. The first-order valence-corrected chi connectivity index (χ1v) is 8.64. The zero-order valence-electron chi connectivity index (χ0n) is 10.9. The van der Waals surface area contributed by atoms with Crippen molar-refractivity contribution in [1.82, 2.24) is 20.3 Å². The summed E-state index contributed by atoms with van der Waals surface area (Å²) in [4.78, 5) is 12.2. The molecule has 0 amide bonds. The molecule has 0 bridgehead atoms. The maximum absolute atomic E-state index is 12.2. The lowest BCUT2D eigenvalue weighted by Gasteiger charge is -2.09. The Labute approximate surface area is 120 Å². The van der Waals surface area contributed by atoms with E-state index in [-0.39, 0.29) is 5.03 Å². The van der Waals surface area contributed by atoms with E-state index in [4.69, 9.17) is 0 Å². The third-order valence-corrected chi connectivity index (χ3v) is 5.44. The van der Waals surface area contributed by atoms with Crippen molar-refractivity contribution in [2.45, 2.75) is 31.3 Å². The van der Waals surface area contributed by atoms with Gasteiger partial charge in [-0.25, -0.2) is 9.97 Å². The Hall–Kier alpha value is -1.45. The number of aromatic nitrogens is 3. The molecule has 0 fully saturated rings. The van der Waals surface area contributed by atoms with Crippen LogP contribution in [-0.4, -0.2) is 29.9 Å². The lowest BCUT2D eigenvalue weighted by atomic mass is 10.2. The molecule has 3 N–H and O–H groups in total. The number of fused-ring (bicyclic) bond motifs is 1. The van der Waals surface area contributed by atoms with Gasteiger partial charge in [0.1, 0.15) is 5.82 Å². The highest BCUT2D eigenvalue weighted by Gasteiger charge is 2.21. The molecular formula is C11H15N5O2S2. The van der Waals surface area contributed by atoms with Crippen molar-refractivity contribution in [3.8, 4) is 0 Å². The Morgan fingerprint density at radius 1 is 1.50 bits per heavy atom. The van der Waals surface area contributed by atoms with Crippen LogP contribution in [0.1, 0.15) is 23.3 Å². The van der Waals surface area contributed by atoms with Crippen LogP contribution in [0, 0.1) is 0 Å². The quantitative estimate of drug-likeness (QED) is 0.778. The van der Waals surface area contributed by atoms with E-state index in [1.54, 1.807) is 0 Å². The molecule has 0 aliphatic carbocycles. The van der Waals surface area contributed by atoms with Crippen molar-refractivity contribution < 1.29 is 8.42 Å². The van der Waals surface area contributed by atoms with E-state index in [2.05, 4.69) is 25.0 Å². The highest BCUT2D eigenvalue weighted by Crippen LogP contribution is 2.26. The maximum atomic E-state index is 12.2. The molecule has 0 unspecified atom stereocenters. The molecule has 2 aromatic rings. The second kappa shape index (κ2) is 5.15. The molecule has 3 rings (SSSR count). The number of imidazole rings is 1. The van der Waals surface area contributed by atoms with Gasteiger partial charge in [-0.15, -0.1) is 0 Å². The van der Waals surface area contributed by atoms with E-state index in [1.807, 2.05) is 6.92 Å². The van der Waals surface area contributed by atoms with Crippen molar-refractivity contribution >= 4 is 26.5 Å². The summed E-state index contributed by atoms with van der Waals surface area (Å²) in [6, 6.07) is 0. The summed E-state index contributed by atoms with van der Waals surface area (Å²) >= 11 is 1.37. The number of nitrogens with zero attached hydrogens (tertiary/aromatic N) is 2. The number of aromatic amines is 1. The normalized spacial score (nSPS) is 15.1. The molecular weight excluding hydrogens is 298 g/mol. The van der Waals surface area contributed by atoms with Crippen LogP contribution < -0.4 is 10.0 Å². The molecule has 0 saturated carbocycles. The molecule has 1 aliphatic rings. The average Bonchev–Trinajstić information content (AvgIpc) is 3.04. The molecule has 108 valence electrons. The molecule has 0 atom stereocenters. The minimum atomic E-state index is -3.64. The zero-order chi connectivity index (χ0) is 14.2. The molecule has 7 nitrogen and oxygen atoms in total. The molecule has 20 heavy (non-hydrogen) atoms. The molecule has 0 aromatic carbocycles. The minimum absolute atomic E-state index is 0.0700. The van der Waals surface area contributed by atoms with Crippen molar-refractivity contribution in [1.29, 1.82) is 0 Å². The highest BCUT2D eigenvalue weighted by atomic mass is 32.2. The summed E-state index contributed by atoms with van der Waals surface area (Å²) < 4.78 is 26.9. The lowest BCUT2D eigenvalue weighted by Crippen LogP contribution is -2.22. The Balaban J connectivity index is 1.84. The number of hydrogen-bond donors (Lipinski definition) is 3. The van der Waals surface area contributed by atoms with Crippen molar-refractivity contribution in [3.05, 3.63) is 22.6 Å². The SMILES string of the molecule is CCc1ncc(S(=O)(=O)Nc2nc3c(s2)CNCC3)[nH]1. The molecule has 2 aromatic heterocycles. The first-order valence-electron chi connectivity index (χ1n) is 6.34. The Morgan fingerprint density at radius 2 is 2.35 bits per heavy atom. The third kappa shape index (κ3) is 2.56. The summed E-state index contributed by atoms with van der Waals surface area (Å²) in [5, 5.41) is 3.72. The minimum Gasteiger partial charge on any atom is -0.332 e. The molecule has 0 radical (unpaired) electrons. The predicted octanol–water partition coefficient (Wildman–Crippen LogP) is 0.875. The van der Waals surface area contributed by atoms with Gasteiger partial charge in [0, 0.05) is 30.8 Å². The summed E-state index contributed by atoms with van der Waals surface area (Å²) in [6.45, 7) is 3.53. The number of thiazole rings is 1. The fourth-order valence-corrected chi connectivity index (χ4v) is 4.15. The zero-order valence-corrected chi connectivity index (χ0v) is 12.6. The van der Waals surface area contributed by atoms with Crippen LogP contribution in [0.4, 0.5) is 5.13 Å². The second-order valence-corrected chi connectivity index (χ2v) is 7.20. The smallest absolute Gasteiger partial charge is 0.280 e. The second-order valence-electron chi connectivity index (χ2n) is 4.47. The summed E-state index contributed by atoms with van der Waals surface area (Å²) in [5.74, 6) is 0.646. The van der Waals surface area contributed by atoms with E-state index < -0.39 is 10.0 Å². The summed E-state index contributed by atoms with van der Waals surface area (Å²) in [7, 11) is -3.64. The fourth-order valence-electron chi connectivity index (χ4n) is 2.00. The predicted molar refractivity (Wildman–Crippen MR) is 76.3 cm³/mol. The standard InChI is InChI=1S/C11H15N5O2S2/c1-2-9-13-6-10(15-9)20(17,18)16-11-14-7-3-4-12-5-8(7)19-11/h6,12H,2-5H2,1H3,(H,13,15)(H,14,16). The molecule has 0 saturated heterocycles. The number of hydrogen-bond acceptors (Lipinski definition) is 6. The van der Waals surface area contributed by atoms with Crippen LogP contribution in [0.25, 0.3) is 0 Å². The van der Waals surface area contributed by atoms with E-state index >= 15 is 0 Å². The van der Waals surface area contributed by atoms with E-state index in [9.17, 15) is 8.42 Å². The van der Waals surface area contributed by atoms with Crippen molar-refractivity contribution in [2.75, 3.05) is 11.3 Å². The largest absolute Gasteiger partial charge is 0.332 e. The Bertz CT molecular complexity index is 696. The molecule has 3 heterocycles. The van der Waals surface area contributed by atoms with Gasteiger partial charge in [0.05, 0.1) is 11.9 Å². The summed E-state index contributed by atoms with van der Waals surface area (Å²) in [6.07, 6.45) is 2.82. The van der Waals surface area contributed by atoms with Crippen LogP contribution >= 0.6 is 11.3 Å². The van der Waals surface area contributed by atoms with Gasteiger partial charge in [-0.1, -0.05) is 18.3 Å². The molecule has 1 aliphatic heterocycles. The van der Waals surface area contributed by atoms with Gasteiger partial charge in [0.25, 0.3) is 10.0 Å². The Morgan fingerprint density at radius 3 is 3.05 bits per heavy atom. The van der Waals surface area contributed by atoms with Gasteiger partial charge >= 0.3 is 0 Å². The van der Waals surface area contributed by atoms with Crippen molar-refractivity contribution in [3.63, 3.8) is 0 Å². The monoisotopic (exact) mass is 313 g/mol. The van der Waals surface area contributed by atoms with Gasteiger partial charge in [-0.3, -0.25) is 4.72 Å². The Kier molecular flexibility index (Phi) is 3.48. The van der Waals surface area contributed by atoms with E-state index in [1.165, 1.54) is 17.5 Å². The van der Waals surface area contributed by atoms with Gasteiger partial charge in [-0.2, -0.15) is 8.42 Å². The third-order valence-electron chi connectivity index (χ3n) is 3.05. The lowest BCUT2D eigenvalue weighted by molar-refractivity contribution is 0.598. The van der Waals surface area contributed by atoms with Gasteiger partial charge in [0.2, 0.25) is 0 Å². The number of rotatable bonds is 4. The number of sulfonamides is 1. The topological polar surface area (TPSA) is 99.8 Å². The van der Waals surface area contributed by atoms with Crippen LogP contribution in [0.5, 0.6) is 0 Å². The van der Waals surface area contributed by atoms with Crippen LogP contribution in [-0.2, 0) is 29.4 Å². The van der Waals surface area contributed by atoms with Crippen LogP contribution in [0.3, 0.4) is 0 Å². The molecule has 9 heteroatoms.